The van der Waals surface area contributed by atoms with E-state index in [0.717, 1.165) is 7.11 Å². The molecular formula is C10H7ClF5NO2. The Morgan fingerprint density at radius 1 is 1.47 bits per heavy atom. The van der Waals surface area contributed by atoms with Crippen LogP contribution < -0.4 is 0 Å². The topological polar surface area (TPSA) is 39.2 Å². The van der Waals surface area contributed by atoms with Crippen LogP contribution >= 0.6 is 11.6 Å². The van der Waals surface area contributed by atoms with Crippen molar-refractivity contribution >= 4 is 17.6 Å². The second kappa shape index (κ2) is 5.68. The van der Waals surface area contributed by atoms with Crippen LogP contribution in [0.4, 0.5) is 22.0 Å². The summed E-state index contributed by atoms with van der Waals surface area (Å²) in [6, 6.07) is 0.459. The van der Waals surface area contributed by atoms with E-state index in [0.29, 0.717) is 6.07 Å². The van der Waals surface area contributed by atoms with Gasteiger partial charge in [0.25, 0.3) is 6.43 Å². The Hall–Kier alpha value is -1.44. The molecule has 0 unspecified atom stereocenters. The number of methoxy groups -OCH3 is 1. The number of rotatable bonds is 3. The van der Waals surface area contributed by atoms with Gasteiger partial charge in [-0.05, 0) is 6.07 Å². The molecule has 106 valence electrons. The monoisotopic (exact) mass is 303 g/mol. The highest BCUT2D eigenvalue weighted by atomic mass is 35.5. The molecule has 0 aliphatic rings. The van der Waals surface area contributed by atoms with Gasteiger partial charge in [0.1, 0.15) is 0 Å². The predicted octanol–water partition coefficient (Wildman–Crippen LogP) is 3.41. The molecule has 1 aromatic heterocycles. The lowest BCUT2D eigenvalue weighted by molar-refractivity contribution is -0.144. The first kappa shape index (κ1) is 15.6. The molecule has 3 nitrogen and oxygen atoms in total. The summed E-state index contributed by atoms with van der Waals surface area (Å²) >= 11 is 5.53. The smallest absolute Gasteiger partial charge is 0.433 e. The van der Waals surface area contributed by atoms with E-state index in [-0.39, 0.29) is 0 Å². The Morgan fingerprint density at radius 3 is 2.47 bits per heavy atom. The van der Waals surface area contributed by atoms with Gasteiger partial charge in [-0.25, -0.2) is 13.8 Å². The largest absolute Gasteiger partial charge is 0.469 e. The van der Waals surface area contributed by atoms with E-state index >= 15 is 0 Å². The standard InChI is InChI=1S/C10H7ClF5NO2/c1-19-7(18)3-6-5(11)2-4(9(12)13)8(17-6)10(14,15)16/h2,9H,3H2,1H3. The molecule has 0 bridgehead atoms. The minimum Gasteiger partial charge on any atom is -0.469 e. The third kappa shape index (κ3) is 3.76. The molecule has 0 spiro atoms. The molecule has 0 fully saturated rings. The van der Waals surface area contributed by atoms with Crippen LogP contribution in [0.5, 0.6) is 0 Å². The third-order valence-corrected chi connectivity index (χ3v) is 2.45. The molecule has 19 heavy (non-hydrogen) atoms. The molecule has 1 rings (SSSR count). The molecule has 9 heteroatoms. The van der Waals surface area contributed by atoms with Crippen LogP contribution in [0.25, 0.3) is 0 Å². The number of nitrogens with zero attached hydrogens (tertiary/aromatic N) is 1. The highest BCUT2D eigenvalue weighted by Crippen LogP contribution is 2.37. The van der Waals surface area contributed by atoms with E-state index < -0.39 is 47.0 Å². The Kier molecular flexibility index (Phi) is 4.67. The van der Waals surface area contributed by atoms with Gasteiger partial charge in [0.15, 0.2) is 5.69 Å². The van der Waals surface area contributed by atoms with Crippen molar-refractivity contribution in [2.45, 2.75) is 19.0 Å². The first-order valence-corrected chi connectivity index (χ1v) is 5.16. The van der Waals surface area contributed by atoms with Crippen molar-refractivity contribution in [3.05, 3.63) is 28.0 Å². The van der Waals surface area contributed by atoms with Gasteiger partial charge < -0.3 is 4.74 Å². The minimum atomic E-state index is -5.07. The molecule has 0 saturated carbocycles. The van der Waals surface area contributed by atoms with Crippen molar-refractivity contribution < 1.29 is 31.5 Å². The Labute approximate surface area is 109 Å². The fraction of sp³-hybridized carbons (Fsp3) is 0.400. The molecule has 0 aliphatic heterocycles. The van der Waals surface area contributed by atoms with Crippen molar-refractivity contribution in [3.63, 3.8) is 0 Å². The van der Waals surface area contributed by atoms with Crippen LogP contribution in [0.2, 0.25) is 5.02 Å². The lowest BCUT2D eigenvalue weighted by Gasteiger charge is -2.14. The molecule has 0 amide bonds. The van der Waals surface area contributed by atoms with Gasteiger partial charge in [-0.15, -0.1) is 0 Å². The maximum Gasteiger partial charge on any atom is 0.433 e. The number of hydrogen-bond donors (Lipinski definition) is 0. The summed E-state index contributed by atoms with van der Waals surface area (Å²) in [5.41, 5.74) is -3.55. The molecule has 0 saturated heterocycles. The summed E-state index contributed by atoms with van der Waals surface area (Å²) < 4.78 is 67.0. The number of hydrogen-bond acceptors (Lipinski definition) is 3. The summed E-state index contributed by atoms with van der Waals surface area (Å²) in [7, 11) is 1.02. The lowest BCUT2D eigenvalue weighted by atomic mass is 10.1. The second-order valence-electron chi connectivity index (χ2n) is 3.41. The van der Waals surface area contributed by atoms with Crippen LogP contribution in [-0.2, 0) is 22.1 Å². The first-order valence-electron chi connectivity index (χ1n) is 4.78. The number of ether oxygens (including phenoxy) is 1. The van der Waals surface area contributed by atoms with E-state index in [2.05, 4.69) is 9.72 Å². The van der Waals surface area contributed by atoms with Crippen molar-refractivity contribution in [2.75, 3.05) is 7.11 Å². The molecule has 0 aromatic carbocycles. The van der Waals surface area contributed by atoms with Crippen molar-refractivity contribution in [1.82, 2.24) is 4.98 Å². The zero-order valence-corrected chi connectivity index (χ0v) is 10.1. The summed E-state index contributed by atoms with van der Waals surface area (Å²) in [6.45, 7) is 0. The number of carbonyl (C=O) groups excluding carboxylic acids is 1. The van der Waals surface area contributed by atoms with Crippen LogP contribution in [-0.4, -0.2) is 18.1 Å². The number of pyridine rings is 1. The van der Waals surface area contributed by atoms with Gasteiger partial charge in [0, 0.05) is 0 Å². The van der Waals surface area contributed by atoms with Gasteiger partial charge in [0.05, 0.1) is 29.8 Å². The second-order valence-corrected chi connectivity index (χ2v) is 3.81. The Balaban J connectivity index is 3.34. The Bertz CT molecular complexity index is 490. The van der Waals surface area contributed by atoms with Gasteiger partial charge in [-0.2, -0.15) is 13.2 Å². The predicted molar refractivity (Wildman–Crippen MR) is 54.9 cm³/mol. The van der Waals surface area contributed by atoms with E-state index in [1.165, 1.54) is 0 Å². The number of aromatic nitrogens is 1. The van der Waals surface area contributed by atoms with E-state index in [4.69, 9.17) is 11.6 Å². The maximum absolute atomic E-state index is 12.6. The molecule has 1 aromatic rings. The van der Waals surface area contributed by atoms with E-state index in [9.17, 15) is 26.7 Å². The SMILES string of the molecule is COC(=O)Cc1nc(C(F)(F)F)c(C(F)F)cc1Cl. The van der Waals surface area contributed by atoms with Gasteiger partial charge in [0.2, 0.25) is 0 Å². The third-order valence-electron chi connectivity index (χ3n) is 2.12. The zero-order chi connectivity index (χ0) is 14.8. The summed E-state index contributed by atoms with van der Waals surface area (Å²) in [4.78, 5) is 14.0. The minimum absolute atomic E-state index is 0.450. The quantitative estimate of drug-likeness (QED) is 0.634. The number of halogens is 6. The fourth-order valence-electron chi connectivity index (χ4n) is 1.27. The number of carbonyl (C=O) groups is 1. The number of alkyl halides is 5. The molecular weight excluding hydrogens is 297 g/mol. The molecule has 0 radical (unpaired) electrons. The maximum atomic E-state index is 12.6. The molecule has 0 N–H and O–H groups in total. The van der Waals surface area contributed by atoms with Crippen molar-refractivity contribution in [2.24, 2.45) is 0 Å². The van der Waals surface area contributed by atoms with Crippen LogP contribution in [0, 0.1) is 0 Å². The Morgan fingerprint density at radius 2 is 2.05 bits per heavy atom. The van der Waals surface area contributed by atoms with Crippen LogP contribution in [0.15, 0.2) is 6.07 Å². The average molecular weight is 304 g/mol. The number of esters is 1. The first-order chi connectivity index (χ1) is 8.66. The molecule has 0 atom stereocenters. The fourth-order valence-corrected chi connectivity index (χ4v) is 1.49. The lowest BCUT2D eigenvalue weighted by Crippen LogP contribution is -2.16. The normalized spacial score (nSPS) is 11.8. The summed E-state index contributed by atoms with van der Waals surface area (Å²) in [5, 5.41) is -0.450. The van der Waals surface area contributed by atoms with Crippen molar-refractivity contribution in [3.8, 4) is 0 Å². The van der Waals surface area contributed by atoms with Gasteiger partial charge in [-0.3, -0.25) is 4.79 Å². The van der Waals surface area contributed by atoms with Gasteiger partial charge >= 0.3 is 12.1 Å². The van der Waals surface area contributed by atoms with Crippen LogP contribution in [0.3, 0.4) is 0 Å². The van der Waals surface area contributed by atoms with Crippen LogP contribution in [0.1, 0.15) is 23.4 Å². The van der Waals surface area contributed by atoms with Crippen molar-refractivity contribution in [1.29, 1.82) is 0 Å². The highest BCUT2D eigenvalue weighted by molar-refractivity contribution is 6.31. The summed E-state index contributed by atoms with van der Waals surface area (Å²) in [5.74, 6) is -0.882. The zero-order valence-electron chi connectivity index (χ0n) is 9.39. The highest BCUT2D eigenvalue weighted by Gasteiger charge is 2.38. The van der Waals surface area contributed by atoms with Gasteiger partial charge in [-0.1, -0.05) is 11.6 Å². The average Bonchev–Trinajstić information content (AvgIpc) is 2.29. The summed E-state index contributed by atoms with van der Waals surface area (Å²) in [6.07, 6.45) is -9.09. The van der Waals surface area contributed by atoms with E-state index in [1.807, 2.05) is 0 Å². The molecule has 0 aliphatic carbocycles. The van der Waals surface area contributed by atoms with E-state index in [1.54, 1.807) is 0 Å². The molecule has 1 heterocycles.